The van der Waals surface area contributed by atoms with E-state index in [1.807, 2.05) is 66.7 Å². The molecule has 0 bridgehead atoms. The normalized spacial score (nSPS) is 18.8. The number of fused-ring (bicyclic) bond motifs is 1. The first-order valence-electron chi connectivity index (χ1n) is 10.6. The van der Waals surface area contributed by atoms with Gasteiger partial charge in [0.05, 0.1) is 12.3 Å². The maximum atomic E-state index is 13.1. The van der Waals surface area contributed by atoms with E-state index in [4.69, 9.17) is 9.84 Å². The molecular weight excluding hydrogens is 386 g/mol. The quantitative estimate of drug-likeness (QED) is 0.624. The molecule has 1 N–H and O–H groups in total. The number of ether oxygens (including phenoxy) is 1. The van der Waals surface area contributed by atoms with Crippen LogP contribution in [0.3, 0.4) is 0 Å². The highest BCUT2D eigenvalue weighted by Crippen LogP contribution is 2.36. The zero-order chi connectivity index (χ0) is 21.4. The molecule has 5 rings (SSSR count). The van der Waals surface area contributed by atoms with Crippen molar-refractivity contribution in [3.05, 3.63) is 95.6 Å². The van der Waals surface area contributed by atoms with Crippen LogP contribution in [0.25, 0.3) is 0 Å². The lowest BCUT2D eigenvalue weighted by Crippen LogP contribution is -2.30. The summed E-state index contributed by atoms with van der Waals surface area (Å²) in [5.41, 5.74) is 4.74. The molecule has 156 valence electrons. The molecule has 5 heteroatoms. The van der Waals surface area contributed by atoms with Crippen LogP contribution in [0.4, 0.5) is 10.5 Å². The number of amides is 2. The Morgan fingerprint density at radius 1 is 1.03 bits per heavy atom. The van der Waals surface area contributed by atoms with Crippen LogP contribution in [0.5, 0.6) is 5.75 Å². The Morgan fingerprint density at radius 3 is 2.48 bits per heavy atom. The Bertz CT molecular complexity index is 1140. The van der Waals surface area contributed by atoms with Gasteiger partial charge in [-0.2, -0.15) is 5.10 Å². The van der Waals surface area contributed by atoms with E-state index in [1.54, 1.807) is 0 Å². The second-order valence-electron chi connectivity index (χ2n) is 8.69. The van der Waals surface area contributed by atoms with Crippen molar-refractivity contribution in [1.29, 1.82) is 0 Å². The second-order valence-corrected chi connectivity index (χ2v) is 8.69. The maximum Gasteiger partial charge on any atom is 0.342 e. The molecule has 0 fully saturated rings. The summed E-state index contributed by atoms with van der Waals surface area (Å²) in [5, 5.41) is 9.27. The van der Waals surface area contributed by atoms with Crippen molar-refractivity contribution in [3.63, 3.8) is 0 Å². The fourth-order valence-corrected chi connectivity index (χ4v) is 4.32. The summed E-state index contributed by atoms with van der Waals surface area (Å²) in [4.78, 5) is 13.1. The van der Waals surface area contributed by atoms with Crippen LogP contribution in [0, 0.1) is 0 Å². The number of nitrogens with zero attached hydrogens (tertiary/aromatic N) is 2. The lowest BCUT2D eigenvalue weighted by molar-refractivity contribution is 0.138. The van der Waals surface area contributed by atoms with Gasteiger partial charge >= 0.3 is 6.03 Å². The fourth-order valence-electron chi connectivity index (χ4n) is 4.32. The number of benzene rings is 3. The Hall–Kier alpha value is -3.60. The average Bonchev–Trinajstić information content (AvgIpc) is 3.35. The topological polar surface area (TPSA) is 53.9 Å². The highest BCUT2D eigenvalue weighted by molar-refractivity contribution is 6.07. The van der Waals surface area contributed by atoms with Crippen LogP contribution in [0.15, 0.2) is 84.0 Å². The zero-order valence-corrected chi connectivity index (χ0v) is 17.7. The molecule has 1 atom stereocenters. The van der Waals surface area contributed by atoms with E-state index in [0.29, 0.717) is 6.54 Å². The van der Waals surface area contributed by atoms with Crippen molar-refractivity contribution < 1.29 is 9.53 Å². The maximum absolute atomic E-state index is 13.1. The van der Waals surface area contributed by atoms with Gasteiger partial charge in [0.25, 0.3) is 0 Å². The van der Waals surface area contributed by atoms with E-state index in [0.717, 1.165) is 40.3 Å². The largest absolute Gasteiger partial charge is 0.487 e. The summed E-state index contributed by atoms with van der Waals surface area (Å²) >= 11 is 0. The molecular formula is C26H25N3O2. The summed E-state index contributed by atoms with van der Waals surface area (Å²) in [7, 11) is 0. The lowest BCUT2D eigenvalue weighted by atomic mass is 9.91. The van der Waals surface area contributed by atoms with Crippen LogP contribution in [0.1, 0.15) is 36.5 Å². The molecule has 1 unspecified atom stereocenters. The summed E-state index contributed by atoms with van der Waals surface area (Å²) in [5.74, 6) is 0.918. The molecule has 2 amide bonds. The number of hydrazone groups is 1. The smallest absolute Gasteiger partial charge is 0.342 e. The number of urea groups is 1. The molecule has 0 aliphatic carbocycles. The number of hydrogen-bond donors (Lipinski definition) is 1. The van der Waals surface area contributed by atoms with E-state index in [-0.39, 0.29) is 17.6 Å². The number of carbonyl (C=O) groups excluding carboxylic acids is 1. The van der Waals surface area contributed by atoms with E-state index in [9.17, 15) is 4.79 Å². The van der Waals surface area contributed by atoms with Crippen LogP contribution in [-0.4, -0.2) is 28.9 Å². The highest BCUT2D eigenvalue weighted by Gasteiger charge is 2.33. The molecule has 3 aromatic rings. The molecule has 0 radical (unpaired) electrons. The molecule has 3 aromatic carbocycles. The van der Waals surface area contributed by atoms with Gasteiger partial charge in [-0.05, 0) is 43.2 Å². The van der Waals surface area contributed by atoms with Crippen molar-refractivity contribution in [2.45, 2.75) is 31.8 Å². The second kappa shape index (κ2) is 7.58. The summed E-state index contributed by atoms with van der Waals surface area (Å²) in [6.07, 6.45) is 0.822. The van der Waals surface area contributed by atoms with Crippen molar-refractivity contribution >= 4 is 17.4 Å². The third kappa shape index (κ3) is 3.91. The van der Waals surface area contributed by atoms with Gasteiger partial charge in [-0.1, -0.05) is 60.7 Å². The fraction of sp³-hybridized carbons (Fsp3) is 0.231. The third-order valence-corrected chi connectivity index (χ3v) is 5.73. The highest BCUT2D eigenvalue weighted by atomic mass is 16.5. The first kappa shape index (κ1) is 19.4. The van der Waals surface area contributed by atoms with Crippen molar-refractivity contribution in [1.82, 2.24) is 5.01 Å². The zero-order valence-electron chi connectivity index (χ0n) is 17.7. The van der Waals surface area contributed by atoms with Crippen molar-refractivity contribution in [3.8, 4) is 5.75 Å². The minimum atomic E-state index is -0.231. The number of anilines is 1. The number of hydrogen-bond acceptors (Lipinski definition) is 3. The predicted molar refractivity (Wildman–Crippen MR) is 123 cm³/mol. The van der Waals surface area contributed by atoms with Gasteiger partial charge < -0.3 is 10.1 Å². The molecule has 31 heavy (non-hydrogen) atoms. The van der Waals surface area contributed by atoms with Crippen LogP contribution in [-0.2, 0) is 6.42 Å². The predicted octanol–water partition coefficient (Wildman–Crippen LogP) is 5.44. The van der Waals surface area contributed by atoms with Crippen molar-refractivity contribution in [2.75, 3.05) is 11.9 Å². The van der Waals surface area contributed by atoms with Gasteiger partial charge in [-0.3, -0.25) is 0 Å². The number of carbonyl (C=O) groups is 1. The molecule has 0 saturated carbocycles. The van der Waals surface area contributed by atoms with Gasteiger partial charge in [0, 0.05) is 23.6 Å². The molecule has 2 heterocycles. The Labute approximate surface area is 182 Å². The molecule has 2 aliphatic rings. The minimum absolute atomic E-state index is 0.0311. The summed E-state index contributed by atoms with van der Waals surface area (Å²) < 4.78 is 5.94. The van der Waals surface area contributed by atoms with Gasteiger partial charge in [0.1, 0.15) is 11.4 Å². The monoisotopic (exact) mass is 411 g/mol. The molecule has 2 aliphatic heterocycles. The van der Waals surface area contributed by atoms with E-state index >= 15 is 0 Å². The summed E-state index contributed by atoms with van der Waals surface area (Å²) in [6, 6.07) is 25.9. The Morgan fingerprint density at radius 2 is 1.74 bits per heavy atom. The number of nitrogens with one attached hydrogen (secondary N) is 1. The Balaban J connectivity index is 1.39. The van der Waals surface area contributed by atoms with E-state index in [2.05, 4.69) is 31.3 Å². The first-order chi connectivity index (χ1) is 15.0. The molecule has 0 aromatic heterocycles. The van der Waals surface area contributed by atoms with Crippen LogP contribution >= 0.6 is 0 Å². The van der Waals surface area contributed by atoms with E-state index in [1.165, 1.54) is 5.01 Å². The van der Waals surface area contributed by atoms with Crippen molar-refractivity contribution in [2.24, 2.45) is 5.10 Å². The van der Waals surface area contributed by atoms with Gasteiger partial charge in [0.2, 0.25) is 0 Å². The lowest BCUT2D eigenvalue weighted by Gasteiger charge is -2.16. The van der Waals surface area contributed by atoms with Crippen LogP contribution in [0.2, 0.25) is 0 Å². The average molecular weight is 412 g/mol. The third-order valence-electron chi connectivity index (χ3n) is 5.73. The summed E-state index contributed by atoms with van der Waals surface area (Å²) in [6.45, 7) is 4.64. The van der Waals surface area contributed by atoms with Gasteiger partial charge in [-0.15, -0.1) is 0 Å². The Kier molecular flexibility index (Phi) is 4.74. The van der Waals surface area contributed by atoms with Crippen LogP contribution < -0.4 is 10.1 Å². The molecule has 5 nitrogen and oxygen atoms in total. The van der Waals surface area contributed by atoms with Gasteiger partial charge in [-0.25, -0.2) is 9.80 Å². The number of rotatable bonds is 3. The first-order valence-corrected chi connectivity index (χ1v) is 10.6. The standard InChI is InChI=1S/C26H25N3O2/c1-26(2)16-20-15-21(13-14-23(20)31-26)27-25(30)29-17-22(18-9-5-3-6-10-18)24(28-29)19-11-7-4-8-12-19/h3-15,22H,16-17H2,1-2H3,(H,27,30). The van der Waals surface area contributed by atoms with E-state index < -0.39 is 0 Å². The molecule has 0 saturated heterocycles. The van der Waals surface area contributed by atoms with Gasteiger partial charge in [0.15, 0.2) is 0 Å². The minimum Gasteiger partial charge on any atom is -0.487 e. The SMILES string of the molecule is CC1(C)Cc2cc(NC(=O)N3CC(c4ccccc4)C(c4ccccc4)=N3)ccc2O1. The molecule has 0 spiro atoms.